The molecule has 1 rings (SSSR count). The number of benzene rings is 1. The summed E-state index contributed by atoms with van der Waals surface area (Å²) in [6, 6.07) is 8.04. The number of hydrogen-bond donors (Lipinski definition) is 2. The molecular formula is C16H27IN4O. The maximum absolute atomic E-state index is 5.84. The zero-order chi connectivity index (χ0) is 15.5. The summed E-state index contributed by atoms with van der Waals surface area (Å²) in [7, 11) is 5.82. The van der Waals surface area contributed by atoms with Crippen molar-refractivity contribution in [3.05, 3.63) is 42.5 Å². The Labute approximate surface area is 150 Å². The topological polar surface area (TPSA) is 48.9 Å². The van der Waals surface area contributed by atoms with Crippen molar-refractivity contribution in [1.29, 1.82) is 0 Å². The fourth-order valence-electron chi connectivity index (χ4n) is 1.70. The van der Waals surface area contributed by atoms with Crippen LogP contribution < -0.4 is 15.4 Å². The van der Waals surface area contributed by atoms with Gasteiger partial charge in [0.15, 0.2) is 5.96 Å². The van der Waals surface area contributed by atoms with Crippen molar-refractivity contribution in [2.24, 2.45) is 4.99 Å². The van der Waals surface area contributed by atoms with Gasteiger partial charge in [-0.3, -0.25) is 4.99 Å². The maximum Gasteiger partial charge on any atom is 0.191 e. The van der Waals surface area contributed by atoms with Crippen LogP contribution in [0.25, 0.3) is 0 Å². The highest BCUT2D eigenvalue weighted by molar-refractivity contribution is 14.0. The summed E-state index contributed by atoms with van der Waals surface area (Å²) in [5.41, 5.74) is 1.11. The first-order valence-corrected chi connectivity index (χ1v) is 7.08. The van der Waals surface area contributed by atoms with Crippen molar-refractivity contribution >= 4 is 29.9 Å². The van der Waals surface area contributed by atoms with Gasteiger partial charge in [-0.05, 0) is 20.2 Å². The normalized spacial score (nSPS) is 10.8. The van der Waals surface area contributed by atoms with Crippen molar-refractivity contribution in [1.82, 2.24) is 15.5 Å². The minimum Gasteiger partial charge on any atom is -0.492 e. The number of halogens is 1. The van der Waals surface area contributed by atoms with Crippen molar-refractivity contribution in [2.75, 3.05) is 40.8 Å². The highest BCUT2D eigenvalue weighted by Gasteiger charge is 2.04. The number of likely N-dealkylation sites (N-methyl/N-ethyl adjacent to an activating group) is 1. The zero-order valence-corrected chi connectivity index (χ0v) is 16.0. The van der Waals surface area contributed by atoms with Crippen LogP contribution in [-0.2, 0) is 6.54 Å². The van der Waals surface area contributed by atoms with E-state index in [9.17, 15) is 0 Å². The van der Waals surface area contributed by atoms with E-state index in [1.165, 1.54) is 0 Å². The van der Waals surface area contributed by atoms with Crippen LogP contribution in [0, 0.1) is 0 Å². The molecule has 0 spiro atoms. The SMILES string of the molecule is C=CCNC(=NC)NCc1ccccc1OCCN(C)C.I. The van der Waals surface area contributed by atoms with Gasteiger partial charge in [0.2, 0.25) is 0 Å². The Hall–Kier alpha value is -1.28. The minimum absolute atomic E-state index is 0. The fraction of sp³-hybridized carbons (Fsp3) is 0.438. The molecule has 0 bridgehead atoms. The van der Waals surface area contributed by atoms with Gasteiger partial charge in [0, 0.05) is 32.2 Å². The lowest BCUT2D eigenvalue weighted by Crippen LogP contribution is -2.36. The van der Waals surface area contributed by atoms with E-state index in [0.717, 1.165) is 23.8 Å². The number of rotatable bonds is 8. The molecule has 0 saturated heterocycles. The fourth-order valence-corrected chi connectivity index (χ4v) is 1.70. The molecule has 0 fully saturated rings. The van der Waals surface area contributed by atoms with Crippen molar-refractivity contribution in [2.45, 2.75) is 6.54 Å². The molecule has 2 N–H and O–H groups in total. The Balaban J connectivity index is 0.00000441. The molecule has 0 heterocycles. The van der Waals surface area contributed by atoms with Gasteiger partial charge in [-0.2, -0.15) is 0 Å². The van der Waals surface area contributed by atoms with Gasteiger partial charge in [-0.15, -0.1) is 30.6 Å². The van der Waals surface area contributed by atoms with Crippen LogP contribution in [0.5, 0.6) is 5.75 Å². The van der Waals surface area contributed by atoms with Crippen LogP contribution in [0.1, 0.15) is 5.56 Å². The Kier molecular flexibility index (Phi) is 11.6. The van der Waals surface area contributed by atoms with Gasteiger partial charge in [-0.1, -0.05) is 24.3 Å². The second-order valence-corrected chi connectivity index (χ2v) is 4.85. The molecule has 5 nitrogen and oxygen atoms in total. The molecule has 0 aliphatic carbocycles. The molecule has 22 heavy (non-hydrogen) atoms. The van der Waals surface area contributed by atoms with Gasteiger partial charge in [0.05, 0.1) is 0 Å². The van der Waals surface area contributed by atoms with Crippen LogP contribution in [0.3, 0.4) is 0 Å². The average Bonchev–Trinajstić information content (AvgIpc) is 2.48. The van der Waals surface area contributed by atoms with E-state index in [0.29, 0.717) is 19.7 Å². The molecule has 1 aromatic rings. The van der Waals surface area contributed by atoms with Crippen LogP contribution in [0.2, 0.25) is 0 Å². The third-order valence-electron chi connectivity index (χ3n) is 2.85. The molecule has 0 radical (unpaired) electrons. The first kappa shape index (κ1) is 20.7. The second kappa shape index (κ2) is 12.3. The summed E-state index contributed by atoms with van der Waals surface area (Å²) in [4.78, 5) is 6.25. The number of guanidine groups is 1. The van der Waals surface area contributed by atoms with E-state index in [1.807, 2.05) is 32.3 Å². The van der Waals surface area contributed by atoms with Gasteiger partial charge in [0.1, 0.15) is 12.4 Å². The largest absolute Gasteiger partial charge is 0.492 e. The summed E-state index contributed by atoms with van der Waals surface area (Å²) >= 11 is 0. The first-order valence-electron chi connectivity index (χ1n) is 7.08. The number of hydrogen-bond acceptors (Lipinski definition) is 3. The lowest BCUT2D eigenvalue weighted by atomic mass is 10.2. The van der Waals surface area contributed by atoms with E-state index in [4.69, 9.17) is 4.74 Å². The Morgan fingerprint density at radius 2 is 2.05 bits per heavy atom. The summed E-state index contributed by atoms with van der Waals surface area (Å²) in [6.07, 6.45) is 1.80. The van der Waals surface area contributed by atoms with Crippen LogP contribution in [0.4, 0.5) is 0 Å². The number of nitrogens with zero attached hydrogens (tertiary/aromatic N) is 2. The number of aliphatic imine (C=N–C) groups is 1. The van der Waals surface area contributed by atoms with E-state index < -0.39 is 0 Å². The van der Waals surface area contributed by atoms with Crippen LogP contribution in [0.15, 0.2) is 41.9 Å². The number of nitrogens with one attached hydrogen (secondary N) is 2. The summed E-state index contributed by atoms with van der Waals surface area (Å²) in [5.74, 6) is 1.66. The quantitative estimate of drug-likeness (QED) is 0.294. The van der Waals surface area contributed by atoms with Gasteiger partial charge < -0.3 is 20.3 Å². The van der Waals surface area contributed by atoms with Crippen molar-refractivity contribution < 1.29 is 4.74 Å². The summed E-state index contributed by atoms with van der Waals surface area (Å²) < 4.78 is 5.84. The van der Waals surface area contributed by atoms with Gasteiger partial charge >= 0.3 is 0 Å². The molecule has 0 aliphatic heterocycles. The zero-order valence-electron chi connectivity index (χ0n) is 13.6. The molecule has 0 saturated carbocycles. The highest BCUT2D eigenvalue weighted by Crippen LogP contribution is 2.17. The van der Waals surface area contributed by atoms with E-state index >= 15 is 0 Å². The lowest BCUT2D eigenvalue weighted by Gasteiger charge is -2.15. The minimum atomic E-state index is 0. The molecule has 0 atom stereocenters. The molecule has 6 heteroatoms. The van der Waals surface area contributed by atoms with E-state index in [-0.39, 0.29) is 24.0 Å². The van der Waals surface area contributed by atoms with E-state index in [1.54, 1.807) is 13.1 Å². The predicted octanol–water partition coefficient (Wildman–Crippen LogP) is 2.10. The summed E-state index contributed by atoms with van der Waals surface area (Å²) in [5, 5.41) is 6.40. The standard InChI is InChI=1S/C16H26N4O.HI/c1-5-10-18-16(17-2)19-13-14-8-6-7-9-15(14)21-12-11-20(3)4;/h5-9H,1,10-13H2,2-4H3,(H2,17,18,19);1H. The molecule has 1 aromatic carbocycles. The smallest absolute Gasteiger partial charge is 0.191 e. The molecule has 0 aliphatic rings. The monoisotopic (exact) mass is 418 g/mol. The van der Waals surface area contributed by atoms with Crippen LogP contribution >= 0.6 is 24.0 Å². The molecule has 0 aromatic heterocycles. The molecular weight excluding hydrogens is 391 g/mol. The maximum atomic E-state index is 5.84. The Morgan fingerprint density at radius 1 is 1.32 bits per heavy atom. The summed E-state index contributed by atoms with van der Waals surface area (Å²) in [6.45, 7) is 6.59. The van der Waals surface area contributed by atoms with Crippen LogP contribution in [-0.4, -0.2) is 51.7 Å². The molecule has 0 unspecified atom stereocenters. The number of ether oxygens (including phenoxy) is 1. The van der Waals surface area contributed by atoms with Gasteiger partial charge in [0.25, 0.3) is 0 Å². The third kappa shape index (κ3) is 8.23. The van der Waals surface area contributed by atoms with Gasteiger partial charge in [-0.25, -0.2) is 0 Å². The second-order valence-electron chi connectivity index (χ2n) is 4.85. The Bertz CT molecular complexity index is 463. The molecule has 124 valence electrons. The van der Waals surface area contributed by atoms with Crippen molar-refractivity contribution in [3.63, 3.8) is 0 Å². The first-order chi connectivity index (χ1) is 10.2. The highest BCUT2D eigenvalue weighted by atomic mass is 127. The molecule has 0 amide bonds. The van der Waals surface area contributed by atoms with Crippen molar-refractivity contribution in [3.8, 4) is 5.75 Å². The Morgan fingerprint density at radius 3 is 2.68 bits per heavy atom. The third-order valence-corrected chi connectivity index (χ3v) is 2.85. The number of para-hydroxylation sites is 1. The lowest BCUT2D eigenvalue weighted by molar-refractivity contribution is 0.259. The average molecular weight is 418 g/mol. The van der Waals surface area contributed by atoms with E-state index in [2.05, 4.69) is 33.2 Å². The predicted molar refractivity (Wildman–Crippen MR) is 104 cm³/mol.